The highest BCUT2D eigenvalue weighted by Crippen LogP contribution is 2.30. The molecule has 0 aliphatic carbocycles. The van der Waals surface area contributed by atoms with Gasteiger partial charge in [0, 0.05) is 19.2 Å². The second-order valence-corrected chi connectivity index (χ2v) is 4.92. The molecule has 0 saturated carbocycles. The van der Waals surface area contributed by atoms with E-state index in [1.807, 2.05) is 29.8 Å². The molecule has 18 heavy (non-hydrogen) atoms. The number of nitrogens with one attached hydrogen (secondary N) is 1. The highest BCUT2D eigenvalue weighted by Gasteiger charge is 2.12. The fourth-order valence-electron chi connectivity index (χ4n) is 1.97. The fraction of sp³-hybridized carbons (Fsp3) is 0.167. The molecule has 0 unspecified atom stereocenters. The van der Waals surface area contributed by atoms with Gasteiger partial charge in [0.15, 0.2) is 0 Å². The van der Waals surface area contributed by atoms with E-state index < -0.39 is 0 Å². The smallest absolute Gasteiger partial charge is 0.107 e. The second-order valence-electron chi connectivity index (χ2n) is 4.13. The Kier molecular flexibility index (Phi) is 2.68. The van der Waals surface area contributed by atoms with Crippen LogP contribution in [0.2, 0.25) is 0 Å². The molecule has 3 N–H and O–H groups in total. The van der Waals surface area contributed by atoms with Gasteiger partial charge in [-0.3, -0.25) is 5.10 Å². The molecule has 0 fully saturated rings. The minimum Gasteiger partial charge on any atom is -0.334 e. The molecular weight excluding hydrogens is 294 g/mol. The number of aryl methyl sites for hydroxylation is 1. The van der Waals surface area contributed by atoms with Crippen LogP contribution in [0.15, 0.2) is 29.0 Å². The van der Waals surface area contributed by atoms with Crippen molar-refractivity contribution in [3.63, 3.8) is 0 Å². The van der Waals surface area contributed by atoms with Crippen molar-refractivity contribution in [2.75, 3.05) is 0 Å². The topological polar surface area (TPSA) is 72.5 Å². The second kappa shape index (κ2) is 4.22. The summed E-state index contributed by atoms with van der Waals surface area (Å²) in [5, 5.41) is 7.21. The first-order valence-corrected chi connectivity index (χ1v) is 6.34. The predicted octanol–water partition coefficient (Wildman–Crippen LogP) is 2.18. The SMILES string of the molecule is Cn1cnc2cc(-c3n[nH]c(CN)c3Br)ccc21. The van der Waals surface area contributed by atoms with Gasteiger partial charge in [0.1, 0.15) is 5.69 Å². The maximum absolute atomic E-state index is 5.62. The molecule has 0 aliphatic rings. The minimum atomic E-state index is 0.430. The van der Waals surface area contributed by atoms with Crippen molar-refractivity contribution in [2.45, 2.75) is 6.54 Å². The lowest BCUT2D eigenvalue weighted by Gasteiger charge is -1.99. The van der Waals surface area contributed by atoms with Crippen molar-refractivity contribution in [1.29, 1.82) is 0 Å². The number of hydrogen-bond donors (Lipinski definition) is 2. The number of rotatable bonds is 2. The summed E-state index contributed by atoms with van der Waals surface area (Å²) in [4.78, 5) is 4.35. The van der Waals surface area contributed by atoms with Gasteiger partial charge < -0.3 is 10.3 Å². The summed E-state index contributed by atoms with van der Waals surface area (Å²) in [6.07, 6.45) is 1.80. The van der Waals surface area contributed by atoms with Crippen LogP contribution < -0.4 is 5.73 Å². The maximum Gasteiger partial charge on any atom is 0.107 e. The molecule has 92 valence electrons. The van der Waals surface area contributed by atoms with Gasteiger partial charge in [-0.05, 0) is 28.1 Å². The third-order valence-corrected chi connectivity index (χ3v) is 3.83. The van der Waals surface area contributed by atoms with Gasteiger partial charge >= 0.3 is 0 Å². The lowest BCUT2D eigenvalue weighted by atomic mass is 10.1. The number of imidazole rings is 1. The van der Waals surface area contributed by atoms with E-state index in [0.717, 1.165) is 32.5 Å². The van der Waals surface area contributed by atoms with E-state index in [1.54, 1.807) is 6.33 Å². The van der Waals surface area contributed by atoms with Gasteiger partial charge in [-0.1, -0.05) is 6.07 Å². The van der Waals surface area contributed by atoms with Gasteiger partial charge in [-0.2, -0.15) is 5.10 Å². The zero-order valence-electron chi connectivity index (χ0n) is 9.81. The number of hydrogen-bond acceptors (Lipinski definition) is 3. The Bertz CT molecular complexity index is 712. The zero-order valence-corrected chi connectivity index (χ0v) is 11.4. The van der Waals surface area contributed by atoms with E-state index >= 15 is 0 Å². The minimum absolute atomic E-state index is 0.430. The van der Waals surface area contributed by atoms with Crippen LogP contribution in [0, 0.1) is 0 Å². The Morgan fingerprint density at radius 1 is 1.44 bits per heavy atom. The molecule has 3 rings (SSSR count). The standard InChI is InChI=1S/C12H12BrN5/c1-18-6-15-8-4-7(2-3-10(8)18)12-11(13)9(5-14)16-17-12/h2-4,6H,5,14H2,1H3,(H,16,17). The zero-order chi connectivity index (χ0) is 12.7. The van der Waals surface area contributed by atoms with Crippen molar-refractivity contribution in [3.8, 4) is 11.3 Å². The Morgan fingerprint density at radius 3 is 3.00 bits per heavy atom. The number of benzene rings is 1. The molecule has 0 bridgehead atoms. The van der Waals surface area contributed by atoms with Crippen molar-refractivity contribution < 1.29 is 0 Å². The molecular formula is C12H12BrN5. The summed E-state index contributed by atoms with van der Waals surface area (Å²) >= 11 is 3.52. The van der Waals surface area contributed by atoms with Crippen molar-refractivity contribution in [3.05, 3.63) is 34.7 Å². The first-order chi connectivity index (χ1) is 8.70. The molecule has 1 aromatic carbocycles. The van der Waals surface area contributed by atoms with E-state index in [1.165, 1.54) is 0 Å². The van der Waals surface area contributed by atoms with Crippen LogP contribution in [0.4, 0.5) is 0 Å². The number of halogens is 1. The average Bonchev–Trinajstić information content (AvgIpc) is 2.93. The monoisotopic (exact) mass is 305 g/mol. The van der Waals surface area contributed by atoms with Crippen LogP contribution in [0.5, 0.6) is 0 Å². The molecule has 0 aliphatic heterocycles. The quantitative estimate of drug-likeness (QED) is 0.762. The van der Waals surface area contributed by atoms with Crippen molar-refractivity contribution in [1.82, 2.24) is 19.7 Å². The van der Waals surface area contributed by atoms with E-state index in [0.29, 0.717) is 6.54 Å². The summed E-state index contributed by atoms with van der Waals surface area (Å²) < 4.78 is 2.91. The van der Waals surface area contributed by atoms with Crippen LogP contribution in [0.1, 0.15) is 5.69 Å². The molecule has 0 amide bonds. The van der Waals surface area contributed by atoms with E-state index in [4.69, 9.17) is 5.73 Å². The highest BCUT2D eigenvalue weighted by molar-refractivity contribution is 9.10. The fourth-order valence-corrected chi connectivity index (χ4v) is 2.54. The molecule has 5 nitrogen and oxygen atoms in total. The Balaban J connectivity index is 2.16. The lowest BCUT2D eigenvalue weighted by Crippen LogP contribution is -1.96. The van der Waals surface area contributed by atoms with Crippen LogP contribution >= 0.6 is 15.9 Å². The van der Waals surface area contributed by atoms with Gasteiger partial charge in [0.05, 0.1) is 27.5 Å². The first-order valence-electron chi connectivity index (χ1n) is 5.55. The number of fused-ring (bicyclic) bond motifs is 1. The summed E-state index contributed by atoms with van der Waals surface area (Å²) in [5.41, 5.74) is 10.5. The van der Waals surface area contributed by atoms with Gasteiger partial charge in [-0.25, -0.2) is 4.98 Å². The molecule has 6 heteroatoms. The van der Waals surface area contributed by atoms with Crippen LogP contribution in [0.25, 0.3) is 22.3 Å². The Morgan fingerprint density at radius 2 is 2.28 bits per heavy atom. The predicted molar refractivity (Wildman–Crippen MR) is 73.9 cm³/mol. The number of aromatic amines is 1. The van der Waals surface area contributed by atoms with Crippen molar-refractivity contribution in [2.24, 2.45) is 12.8 Å². The average molecular weight is 306 g/mol. The van der Waals surface area contributed by atoms with E-state index in [9.17, 15) is 0 Å². The van der Waals surface area contributed by atoms with Gasteiger partial charge in [0.2, 0.25) is 0 Å². The normalized spacial score (nSPS) is 11.3. The number of nitrogens with zero attached hydrogens (tertiary/aromatic N) is 3. The largest absolute Gasteiger partial charge is 0.334 e. The molecule has 2 heterocycles. The molecule has 0 spiro atoms. The summed E-state index contributed by atoms with van der Waals surface area (Å²) in [7, 11) is 1.98. The molecule has 0 atom stereocenters. The molecule has 0 radical (unpaired) electrons. The van der Waals surface area contributed by atoms with Gasteiger partial charge in [0.25, 0.3) is 0 Å². The lowest BCUT2D eigenvalue weighted by molar-refractivity contribution is 0.945. The number of H-pyrrole nitrogens is 1. The highest BCUT2D eigenvalue weighted by atomic mass is 79.9. The summed E-state index contributed by atoms with van der Waals surface area (Å²) in [6.45, 7) is 0.430. The first kappa shape index (κ1) is 11.4. The van der Waals surface area contributed by atoms with Crippen LogP contribution in [-0.2, 0) is 13.6 Å². The summed E-state index contributed by atoms with van der Waals surface area (Å²) in [5.74, 6) is 0. The van der Waals surface area contributed by atoms with Crippen LogP contribution in [0.3, 0.4) is 0 Å². The van der Waals surface area contributed by atoms with Crippen LogP contribution in [-0.4, -0.2) is 19.7 Å². The third-order valence-electron chi connectivity index (χ3n) is 2.98. The summed E-state index contributed by atoms with van der Waals surface area (Å²) in [6, 6.07) is 6.10. The van der Waals surface area contributed by atoms with Gasteiger partial charge in [-0.15, -0.1) is 0 Å². The number of aromatic nitrogens is 4. The maximum atomic E-state index is 5.62. The third kappa shape index (κ3) is 1.65. The molecule has 3 aromatic rings. The van der Waals surface area contributed by atoms with E-state index in [2.05, 4.69) is 31.1 Å². The Hall–Kier alpha value is -1.66. The molecule has 2 aromatic heterocycles. The molecule has 0 saturated heterocycles. The van der Waals surface area contributed by atoms with Crippen molar-refractivity contribution >= 4 is 27.0 Å². The number of nitrogens with two attached hydrogens (primary N) is 1. The Labute approximate surface area is 112 Å². The van der Waals surface area contributed by atoms with E-state index in [-0.39, 0.29) is 0 Å².